The fraction of sp³-hybridized carbons (Fsp3) is 0.533. The van der Waals surface area contributed by atoms with Crippen molar-refractivity contribution in [2.45, 2.75) is 31.8 Å². The fourth-order valence-electron chi connectivity index (χ4n) is 2.28. The molecule has 2 N–H and O–H groups in total. The van der Waals surface area contributed by atoms with Crippen LogP contribution >= 0.6 is 0 Å². The van der Waals surface area contributed by atoms with Crippen LogP contribution in [0.5, 0.6) is 0 Å². The van der Waals surface area contributed by atoms with Crippen LogP contribution < -0.4 is 5.73 Å². The van der Waals surface area contributed by atoms with Gasteiger partial charge in [-0.3, -0.25) is 4.79 Å². The third-order valence-electron chi connectivity index (χ3n) is 3.56. The summed E-state index contributed by atoms with van der Waals surface area (Å²) in [5, 5.41) is 0. The van der Waals surface area contributed by atoms with Crippen LogP contribution in [0.3, 0.4) is 0 Å². The van der Waals surface area contributed by atoms with Crippen molar-refractivity contribution in [2.24, 2.45) is 0 Å². The van der Waals surface area contributed by atoms with E-state index in [1.807, 2.05) is 24.3 Å². The number of nitrogens with zero attached hydrogens (tertiary/aromatic N) is 1. The Hall–Kier alpha value is -1.55. The van der Waals surface area contributed by atoms with Crippen LogP contribution in [-0.4, -0.2) is 37.1 Å². The summed E-state index contributed by atoms with van der Waals surface area (Å²) < 4.78 is 5.49. The van der Waals surface area contributed by atoms with Crippen LogP contribution in [-0.2, 0) is 16.0 Å². The minimum atomic E-state index is -0.0913. The second kappa shape index (κ2) is 6.57. The molecule has 0 aromatic heterocycles. The standard InChI is InChI=1S/C15H22N2O2/c1-17-10-8-14(9-11-17)19-15(18)7-4-12-2-5-13(16)6-3-12/h2-3,5-6,14H,4,7-11,16H2,1H3. The van der Waals surface area contributed by atoms with Crippen molar-refractivity contribution < 1.29 is 9.53 Å². The summed E-state index contributed by atoms with van der Waals surface area (Å²) in [7, 11) is 2.10. The van der Waals surface area contributed by atoms with Gasteiger partial charge in [-0.25, -0.2) is 0 Å². The molecule has 1 aliphatic rings. The molecule has 4 nitrogen and oxygen atoms in total. The maximum Gasteiger partial charge on any atom is 0.306 e. The van der Waals surface area contributed by atoms with E-state index in [9.17, 15) is 4.79 Å². The monoisotopic (exact) mass is 262 g/mol. The molecule has 1 saturated heterocycles. The van der Waals surface area contributed by atoms with Crippen LogP contribution in [0.2, 0.25) is 0 Å². The molecule has 1 fully saturated rings. The second-order valence-corrected chi connectivity index (χ2v) is 5.23. The van der Waals surface area contributed by atoms with Gasteiger partial charge in [0.1, 0.15) is 6.10 Å². The number of nitrogens with two attached hydrogens (primary N) is 1. The van der Waals surface area contributed by atoms with E-state index in [0.717, 1.165) is 37.2 Å². The van der Waals surface area contributed by atoms with Gasteiger partial charge in [0.25, 0.3) is 0 Å². The van der Waals surface area contributed by atoms with Gasteiger partial charge in [-0.05, 0) is 44.0 Å². The number of benzene rings is 1. The lowest BCUT2D eigenvalue weighted by Crippen LogP contribution is -2.35. The molecule has 1 aromatic rings. The van der Waals surface area contributed by atoms with Gasteiger partial charge in [0.2, 0.25) is 0 Å². The van der Waals surface area contributed by atoms with E-state index >= 15 is 0 Å². The quantitative estimate of drug-likeness (QED) is 0.664. The van der Waals surface area contributed by atoms with Crippen molar-refractivity contribution in [2.75, 3.05) is 25.9 Å². The van der Waals surface area contributed by atoms with Crippen molar-refractivity contribution in [1.29, 1.82) is 0 Å². The minimum Gasteiger partial charge on any atom is -0.462 e. The van der Waals surface area contributed by atoms with E-state index < -0.39 is 0 Å². The number of anilines is 1. The zero-order valence-corrected chi connectivity index (χ0v) is 11.5. The van der Waals surface area contributed by atoms with Crippen molar-refractivity contribution in [1.82, 2.24) is 4.90 Å². The Morgan fingerprint density at radius 3 is 2.58 bits per heavy atom. The first-order valence-corrected chi connectivity index (χ1v) is 6.86. The Labute approximate surface area is 114 Å². The van der Waals surface area contributed by atoms with Crippen molar-refractivity contribution in [3.05, 3.63) is 29.8 Å². The second-order valence-electron chi connectivity index (χ2n) is 5.23. The molecule has 0 spiro atoms. The largest absolute Gasteiger partial charge is 0.462 e. The van der Waals surface area contributed by atoms with Gasteiger partial charge >= 0.3 is 5.97 Å². The van der Waals surface area contributed by atoms with Gasteiger partial charge in [-0.15, -0.1) is 0 Å². The fourth-order valence-corrected chi connectivity index (χ4v) is 2.28. The summed E-state index contributed by atoms with van der Waals surface area (Å²) in [5.41, 5.74) is 7.49. The van der Waals surface area contributed by atoms with Crippen molar-refractivity contribution >= 4 is 11.7 Å². The number of ether oxygens (including phenoxy) is 1. The number of carbonyl (C=O) groups is 1. The molecule has 0 saturated carbocycles. The Morgan fingerprint density at radius 2 is 1.95 bits per heavy atom. The number of esters is 1. The normalized spacial score (nSPS) is 17.3. The molecule has 2 rings (SSSR count). The zero-order chi connectivity index (χ0) is 13.7. The third kappa shape index (κ3) is 4.56. The Morgan fingerprint density at radius 1 is 1.32 bits per heavy atom. The van der Waals surface area contributed by atoms with Gasteiger partial charge in [0, 0.05) is 25.2 Å². The summed E-state index contributed by atoms with van der Waals surface area (Å²) in [6.07, 6.45) is 3.16. The van der Waals surface area contributed by atoms with E-state index in [-0.39, 0.29) is 12.1 Å². The highest BCUT2D eigenvalue weighted by molar-refractivity contribution is 5.70. The molecule has 0 amide bonds. The molecule has 4 heteroatoms. The molecular weight excluding hydrogens is 240 g/mol. The summed E-state index contributed by atoms with van der Waals surface area (Å²) in [6.45, 7) is 2.02. The zero-order valence-electron chi connectivity index (χ0n) is 11.5. The topological polar surface area (TPSA) is 55.6 Å². The molecule has 1 aliphatic heterocycles. The summed E-state index contributed by atoms with van der Waals surface area (Å²) >= 11 is 0. The molecular formula is C15H22N2O2. The first-order chi connectivity index (χ1) is 9.13. The number of aryl methyl sites for hydroxylation is 1. The first kappa shape index (κ1) is 13.9. The van der Waals surface area contributed by atoms with Crippen LogP contribution in [0.25, 0.3) is 0 Å². The number of hydrogen-bond acceptors (Lipinski definition) is 4. The lowest BCUT2D eigenvalue weighted by molar-refractivity contribution is -0.151. The molecule has 0 bridgehead atoms. The summed E-state index contributed by atoms with van der Waals surface area (Å²) in [5.74, 6) is -0.0913. The molecule has 1 heterocycles. The van der Waals surface area contributed by atoms with Crippen LogP contribution in [0, 0.1) is 0 Å². The van der Waals surface area contributed by atoms with E-state index in [1.54, 1.807) is 0 Å². The van der Waals surface area contributed by atoms with Gasteiger partial charge in [-0.2, -0.15) is 0 Å². The van der Waals surface area contributed by atoms with Gasteiger partial charge < -0.3 is 15.4 Å². The Balaban J connectivity index is 1.71. The van der Waals surface area contributed by atoms with E-state index in [0.29, 0.717) is 12.8 Å². The number of likely N-dealkylation sites (tertiary alicyclic amines) is 1. The van der Waals surface area contributed by atoms with E-state index in [2.05, 4.69) is 11.9 Å². The molecule has 19 heavy (non-hydrogen) atoms. The molecule has 1 aromatic carbocycles. The summed E-state index contributed by atoms with van der Waals surface area (Å²) in [4.78, 5) is 14.0. The predicted molar refractivity (Wildman–Crippen MR) is 75.8 cm³/mol. The SMILES string of the molecule is CN1CCC(OC(=O)CCc2ccc(N)cc2)CC1. The van der Waals surface area contributed by atoms with E-state index in [1.165, 1.54) is 0 Å². The molecule has 0 aliphatic carbocycles. The van der Waals surface area contributed by atoms with Gasteiger partial charge in [-0.1, -0.05) is 12.1 Å². The van der Waals surface area contributed by atoms with Gasteiger partial charge in [0.05, 0.1) is 0 Å². The van der Waals surface area contributed by atoms with Crippen LogP contribution in [0.15, 0.2) is 24.3 Å². The molecule has 0 unspecified atom stereocenters. The minimum absolute atomic E-state index is 0.0913. The molecule has 0 atom stereocenters. The maximum atomic E-state index is 11.8. The average Bonchev–Trinajstić information content (AvgIpc) is 2.41. The number of rotatable bonds is 4. The van der Waals surface area contributed by atoms with E-state index in [4.69, 9.17) is 10.5 Å². The highest BCUT2D eigenvalue weighted by Gasteiger charge is 2.19. The Kier molecular flexibility index (Phi) is 4.80. The van der Waals surface area contributed by atoms with Crippen molar-refractivity contribution in [3.8, 4) is 0 Å². The van der Waals surface area contributed by atoms with Gasteiger partial charge in [0.15, 0.2) is 0 Å². The highest BCUT2D eigenvalue weighted by Crippen LogP contribution is 2.14. The summed E-state index contributed by atoms with van der Waals surface area (Å²) in [6, 6.07) is 7.63. The average molecular weight is 262 g/mol. The number of hydrogen-bond donors (Lipinski definition) is 1. The first-order valence-electron chi connectivity index (χ1n) is 6.86. The molecule has 104 valence electrons. The van der Waals surface area contributed by atoms with Crippen molar-refractivity contribution in [3.63, 3.8) is 0 Å². The number of piperidine rings is 1. The van der Waals surface area contributed by atoms with Crippen LogP contribution in [0.4, 0.5) is 5.69 Å². The number of nitrogen functional groups attached to an aromatic ring is 1. The third-order valence-corrected chi connectivity index (χ3v) is 3.56. The highest BCUT2D eigenvalue weighted by atomic mass is 16.5. The Bertz CT molecular complexity index is 409. The maximum absolute atomic E-state index is 11.8. The smallest absolute Gasteiger partial charge is 0.306 e. The molecule has 0 radical (unpaired) electrons. The lowest BCUT2D eigenvalue weighted by Gasteiger charge is -2.28. The number of carbonyl (C=O) groups excluding carboxylic acids is 1. The van der Waals surface area contributed by atoms with Crippen LogP contribution in [0.1, 0.15) is 24.8 Å². The lowest BCUT2D eigenvalue weighted by atomic mass is 10.1. The predicted octanol–water partition coefficient (Wildman–Crippen LogP) is 1.84.